The molecule has 11 nitrogen and oxygen atoms in total. The molecule has 0 fully saturated rings. The van der Waals surface area contributed by atoms with Gasteiger partial charge in [-0.25, -0.2) is 4.79 Å². The molecule has 0 amide bonds. The Bertz CT molecular complexity index is 843. The third-order valence-corrected chi connectivity index (χ3v) is 3.15. The monoisotopic (exact) mass is 357 g/mol. The standard InChI is InChI=1S/C12H13F2N7O4/c1-6-10(21(23)24)7(2)19(17-6)5-9(15)18-25-11(22)8-3-4-16-20(8)12(13)14/h3-4,12H,5H2,1-2H3,(H2,15,18). The number of nitrogens with zero attached hydrogens (tertiary/aromatic N) is 6. The Hall–Kier alpha value is -3.38. The highest BCUT2D eigenvalue weighted by molar-refractivity contribution is 5.88. The Labute approximate surface area is 138 Å². The fourth-order valence-electron chi connectivity index (χ4n) is 2.07. The van der Waals surface area contributed by atoms with Crippen molar-refractivity contribution in [1.29, 1.82) is 0 Å². The first-order chi connectivity index (χ1) is 11.7. The van der Waals surface area contributed by atoms with E-state index in [1.54, 1.807) is 0 Å². The highest BCUT2D eigenvalue weighted by Gasteiger charge is 2.22. The Balaban J connectivity index is 2.10. The van der Waals surface area contributed by atoms with Crippen LogP contribution in [0.5, 0.6) is 0 Å². The van der Waals surface area contributed by atoms with Crippen molar-refractivity contribution in [2.24, 2.45) is 10.9 Å². The molecule has 0 saturated heterocycles. The third-order valence-electron chi connectivity index (χ3n) is 3.15. The summed E-state index contributed by atoms with van der Waals surface area (Å²) in [5.41, 5.74) is 5.34. The van der Waals surface area contributed by atoms with Crippen LogP contribution >= 0.6 is 0 Å². The highest BCUT2D eigenvalue weighted by atomic mass is 19.3. The maximum Gasteiger partial charge on any atom is 0.383 e. The molecule has 2 aromatic rings. The number of hydrogen-bond acceptors (Lipinski definition) is 7. The van der Waals surface area contributed by atoms with E-state index in [1.165, 1.54) is 18.5 Å². The van der Waals surface area contributed by atoms with Crippen LogP contribution in [0.2, 0.25) is 0 Å². The molecule has 0 spiro atoms. The summed E-state index contributed by atoms with van der Waals surface area (Å²) in [4.78, 5) is 26.6. The molecule has 0 aliphatic rings. The third kappa shape index (κ3) is 3.76. The lowest BCUT2D eigenvalue weighted by atomic mass is 10.3. The maximum atomic E-state index is 12.6. The molecule has 0 aliphatic heterocycles. The van der Waals surface area contributed by atoms with Crippen LogP contribution in [-0.2, 0) is 11.4 Å². The van der Waals surface area contributed by atoms with Crippen molar-refractivity contribution in [3.8, 4) is 0 Å². The quantitative estimate of drug-likeness (QED) is 0.268. The van der Waals surface area contributed by atoms with Gasteiger partial charge in [-0.05, 0) is 19.9 Å². The minimum atomic E-state index is -3.02. The number of alkyl halides is 2. The summed E-state index contributed by atoms with van der Waals surface area (Å²) in [6.45, 7) is -0.282. The summed E-state index contributed by atoms with van der Waals surface area (Å²) in [7, 11) is 0. The highest BCUT2D eigenvalue weighted by Crippen LogP contribution is 2.21. The largest absolute Gasteiger partial charge is 0.383 e. The summed E-state index contributed by atoms with van der Waals surface area (Å²) in [6, 6.07) is 1.03. The van der Waals surface area contributed by atoms with Crippen molar-refractivity contribution in [2.75, 3.05) is 0 Å². The van der Waals surface area contributed by atoms with Gasteiger partial charge in [-0.15, -0.1) is 0 Å². The summed E-state index contributed by atoms with van der Waals surface area (Å²) < 4.78 is 26.6. The van der Waals surface area contributed by atoms with Gasteiger partial charge in [0.2, 0.25) is 0 Å². The number of nitro groups is 1. The Morgan fingerprint density at radius 1 is 1.52 bits per heavy atom. The summed E-state index contributed by atoms with van der Waals surface area (Å²) in [5, 5.41) is 21.5. The number of aromatic nitrogens is 4. The smallest absolute Gasteiger partial charge is 0.383 e. The first kappa shape index (κ1) is 18.0. The van der Waals surface area contributed by atoms with Gasteiger partial charge < -0.3 is 10.6 Å². The molecule has 0 radical (unpaired) electrons. The van der Waals surface area contributed by atoms with Crippen LogP contribution in [0.3, 0.4) is 0 Å². The molecule has 0 bridgehead atoms. The summed E-state index contributed by atoms with van der Waals surface area (Å²) in [5.74, 6) is -1.42. The van der Waals surface area contributed by atoms with E-state index in [9.17, 15) is 23.7 Å². The zero-order valence-electron chi connectivity index (χ0n) is 13.1. The second kappa shape index (κ2) is 7.02. The number of aryl methyl sites for hydroxylation is 1. The van der Waals surface area contributed by atoms with Gasteiger partial charge in [-0.3, -0.25) is 14.8 Å². The number of carbonyl (C=O) groups is 1. The van der Waals surface area contributed by atoms with Crippen LogP contribution in [0.15, 0.2) is 17.4 Å². The van der Waals surface area contributed by atoms with E-state index in [1.807, 2.05) is 0 Å². The van der Waals surface area contributed by atoms with Gasteiger partial charge in [0.15, 0.2) is 11.5 Å². The molecule has 0 unspecified atom stereocenters. The van der Waals surface area contributed by atoms with Crippen LogP contribution in [0.1, 0.15) is 28.4 Å². The lowest BCUT2D eigenvalue weighted by Gasteiger charge is -2.05. The molecule has 2 rings (SSSR count). The number of nitrogens with two attached hydrogens (primary N) is 1. The average Bonchev–Trinajstić information content (AvgIpc) is 3.10. The maximum absolute atomic E-state index is 12.6. The minimum absolute atomic E-state index is 0.161. The molecule has 0 atom stereocenters. The van der Waals surface area contributed by atoms with Crippen molar-refractivity contribution in [2.45, 2.75) is 26.9 Å². The van der Waals surface area contributed by atoms with Gasteiger partial charge in [0.1, 0.15) is 17.9 Å². The van der Waals surface area contributed by atoms with Crippen LogP contribution in [-0.4, -0.2) is 36.3 Å². The molecule has 2 aromatic heterocycles. The predicted molar refractivity (Wildman–Crippen MR) is 78.9 cm³/mol. The van der Waals surface area contributed by atoms with Crippen LogP contribution in [0.25, 0.3) is 0 Å². The lowest BCUT2D eigenvalue weighted by Crippen LogP contribution is -2.22. The number of oxime groups is 1. The Kier molecular flexibility index (Phi) is 5.05. The average molecular weight is 357 g/mol. The fourth-order valence-corrected chi connectivity index (χ4v) is 2.07. The molecular weight excluding hydrogens is 344 g/mol. The van der Waals surface area contributed by atoms with Crippen molar-refractivity contribution in [3.05, 3.63) is 39.5 Å². The van der Waals surface area contributed by atoms with Crippen LogP contribution in [0, 0.1) is 24.0 Å². The zero-order chi connectivity index (χ0) is 18.7. The fraction of sp³-hybridized carbons (Fsp3) is 0.333. The van der Waals surface area contributed by atoms with Crippen molar-refractivity contribution in [1.82, 2.24) is 19.6 Å². The molecule has 0 saturated carbocycles. The van der Waals surface area contributed by atoms with Crippen molar-refractivity contribution >= 4 is 17.5 Å². The van der Waals surface area contributed by atoms with E-state index in [4.69, 9.17) is 5.73 Å². The van der Waals surface area contributed by atoms with Gasteiger partial charge in [0.25, 0.3) is 0 Å². The van der Waals surface area contributed by atoms with Crippen molar-refractivity contribution < 1.29 is 23.3 Å². The molecule has 0 aliphatic carbocycles. The van der Waals surface area contributed by atoms with E-state index in [2.05, 4.69) is 20.2 Å². The van der Waals surface area contributed by atoms with E-state index >= 15 is 0 Å². The predicted octanol–water partition coefficient (Wildman–Crippen LogP) is 1.13. The molecular formula is C12H13F2N7O4. The number of hydrogen-bond donors (Lipinski definition) is 1. The molecule has 13 heteroatoms. The van der Waals surface area contributed by atoms with E-state index in [0.29, 0.717) is 0 Å². The van der Waals surface area contributed by atoms with Crippen molar-refractivity contribution in [3.63, 3.8) is 0 Å². The molecule has 2 heterocycles. The van der Waals surface area contributed by atoms with E-state index < -0.39 is 23.1 Å². The van der Waals surface area contributed by atoms with E-state index in [-0.39, 0.29) is 34.1 Å². The first-order valence-electron chi connectivity index (χ1n) is 6.76. The van der Waals surface area contributed by atoms with E-state index in [0.717, 1.165) is 12.3 Å². The second-order valence-corrected chi connectivity index (χ2v) is 4.83. The number of amidine groups is 1. The van der Waals surface area contributed by atoms with Gasteiger partial charge in [-0.1, -0.05) is 5.16 Å². The van der Waals surface area contributed by atoms with Gasteiger partial charge in [0, 0.05) is 0 Å². The normalized spacial score (nSPS) is 11.8. The Morgan fingerprint density at radius 2 is 2.20 bits per heavy atom. The SMILES string of the molecule is Cc1nn(C/C(N)=N/OC(=O)c2ccnn2C(F)F)c(C)c1[N+](=O)[O-]. The van der Waals surface area contributed by atoms with Gasteiger partial charge in [-0.2, -0.15) is 23.7 Å². The molecule has 134 valence electrons. The van der Waals surface area contributed by atoms with Crippen LogP contribution in [0.4, 0.5) is 14.5 Å². The zero-order valence-corrected chi connectivity index (χ0v) is 13.1. The number of halogens is 2. The number of carbonyl (C=O) groups excluding carboxylic acids is 1. The molecule has 0 aromatic carbocycles. The first-order valence-corrected chi connectivity index (χ1v) is 6.76. The van der Waals surface area contributed by atoms with Gasteiger partial charge >= 0.3 is 18.2 Å². The molecule has 2 N–H and O–H groups in total. The minimum Gasteiger partial charge on any atom is -0.383 e. The Morgan fingerprint density at radius 3 is 2.76 bits per heavy atom. The van der Waals surface area contributed by atoms with Gasteiger partial charge in [0.05, 0.1) is 11.1 Å². The topological polar surface area (TPSA) is 143 Å². The van der Waals surface area contributed by atoms with Crippen LogP contribution < -0.4 is 5.73 Å². The number of rotatable bonds is 6. The summed E-state index contributed by atoms with van der Waals surface area (Å²) >= 11 is 0. The second-order valence-electron chi connectivity index (χ2n) is 4.83. The lowest BCUT2D eigenvalue weighted by molar-refractivity contribution is -0.386. The molecule has 25 heavy (non-hydrogen) atoms. The summed E-state index contributed by atoms with van der Waals surface area (Å²) in [6.07, 6.45) is 1.00.